The lowest BCUT2D eigenvalue weighted by Gasteiger charge is -2.19. The molecule has 106 valence electrons. The van der Waals surface area contributed by atoms with Crippen molar-refractivity contribution >= 4 is 5.97 Å². The lowest BCUT2D eigenvalue weighted by atomic mass is 10.0. The molecule has 1 aliphatic carbocycles. The summed E-state index contributed by atoms with van der Waals surface area (Å²) in [5.41, 5.74) is 2.49. The maximum Gasteiger partial charge on any atom is 0.324 e. The van der Waals surface area contributed by atoms with Crippen molar-refractivity contribution in [1.82, 2.24) is 14.9 Å². The SMILES string of the molecule is CCNC(Cn1cnc2c1CCCC2)C(=O)OCC. The third kappa shape index (κ3) is 3.35. The van der Waals surface area contributed by atoms with Gasteiger partial charge in [-0.2, -0.15) is 0 Å². The van der Waals surface area contributed by atoms with Crippen LogP contribution < -0.4 is 5.32 Å². The Balaban J connectivity index is 2.08. The van der Waals surface area contributed by atoms with Crippen LogP contribution in [0, 0.1) is 0 Å². The minimum absolute atomic E-state index is 0.178. The number of nitrogens with zero attached hydrogens (tertiary/aromatic N) is 2. The van der Waals surface area contributed by atoms with Gasteiger partial charge < -0.3 is 14.6 Å². The molecular formula is C14H23N3O2. The Morgan fingerprint density at radius 3 is 3.00 bits per heavy atom. The van der Waals surface area contributed by atoms with E-state index >= 15 is 0 Å². The molecule has 0 fully saturated rings. The van der Waals surface area contributed by atoms with Crippen LogP contribution in [-0.2, 0) is 28.9 Å². The van der Waals surface area contributed by atoms with Gasteiger partial charge in [0.15, 0.2) is 0 Å². The zero-order chi connectivity index (χ0) is 13.7. The largest absolute Gasteiger partial charge is 0.465 e. The molecule has 5 heteroatoms. The third-order valence-corrected chi connectivity index (χ3v) is 3.51. The van der Waals surface area contributed by atoms with Gasteiger partial charge in [-0.3, -0.25) is 4.79 Å². The van der Waals surface area contributed by atoms with Gasteiger partial charge in [0.25, 0.3) is 0 Å². The Bertz CT molecular complexity index is 428. The Kier molecular flexibility index (Phi) is 4.96. The summed E-state index contributed by atoms with van der Waals surface area (Å²) in [7, 11) is 0. The van der Waals surface area contributed by atoms with Crippen LogP contribution >= 0.6 is 0 Å². The second-order valence-corrected chi connectivity index (χ2v) is 4.86. The maximum atomic E-state index is 11.9. The van der Waals surface area contributed by atoms with Gasteiger partial charge in [-0.25, -0.2) is 4.98 Å². The molecule has 1 unspecified atom stereocenters. The minimum atomic E-state index is -0.287. The highest BCUT2D eigenvalue weighted by Crippen LogP contribution is 2.20. The van der Waals surface area contributed by atoms with E-state index in [1.807, 2.05) is 20.2 Å². The number of likely N-dealkylation sites (N-methyl/N-ethyl adjacent to an activating group) is 1. The third-order valence-electron chi connectivity index (χ3n) is 3.51. The molecule has 1 aliphatic rings. The molecular weight excluding hydrogens is 242 g/mol. The zero-order valence-corrected chi connectivity index (χ0v) is 11.8. The fourth-order valence-electron chi connectivity index (χ4n) is 2.60. The van der Waals surface area contributed by atoms with Crippen LogP contribution in [0.3, 0.4) is 0 Å². The summed E-state index contributed by atoms with van der Waals surface area (Å²) < 4.78 is 7.22. The number of hydrogen-bond donors (Lipinski definition) is 1. The van der Waals surface area contributed by atoms with Crippen molar-refractivity contribution in [2.24, 2.45) is 0 Å². The van der Waals surface area contributed by atoms with E-state index < -0.39 is 0 Å². The smallest absolute Gasteiger partial charge is 0.324 e. The number of rotatable bonds is 6. The molecule has 0 amide bonds. The maximum absolute atomic E-state index is 11.9. The lowest BCUT2D eigenvalue weighted by molar-refractivity contribution is -0.146. The quantitative estimate of drug-likeness (QED) is 0.788. The normalized spacial score (nSPS) is 15.9. The summed E-state index contributed by atoms with van der Waals surface area (Å²) in [5, 5.41) is 3.19. The highest BCUT2D eigenvalue weighted by atomic mass is 16.5. The van der Waals surface area contributed by atoms with Gasteiger partial charge in [0.05, 0.1) is 18.6 Å². The number of aryl methyl sites for hydroxylation is 1. The number of hydrogen-bond acceptors (Lipinski definition) is 4. The van der Waals surface area contributed by atoms with Crippen molar-refractivity contribution < 1.29 is 9.53 Å². The van der Waals surface area contributed by atoms with Crippen LogP contribution in [0.25, 0.3) is 0 Å². The van der Waals surface area contributed by atoms with Gasteiger partial charge in [-0.15, -0.1) is 0 Å². The van der Waals surface area contributed by atoms with Crippen LogP contribution in [0.4, 0.5) is 0 Å². The second kappa shape index (κ2) is 6.70. The molecule has 0 radical (unpaired) electrons. The van der Waals surface area contributed by atoms with E-state index in [4.69, 9.17) is 4.74 Å². The number of nitrogens with one attached hydrogen (secondary N) is 1. The Morgan fingerprint density at radius 2 is 2.26 bits per heavy atom. The van der Waals surface area contributed by atoms with Crippen LogP contribution in [0.2, 0.25) is 0 Å². The fourth-order valence-corrected chi connectivity index (χ4v) is 2.60. The summed E-state index contributed by atoms with van der Waals surface area (Å²) in [6.07, 6.45) is 6.42. The number of fused-ring (bicyclic) bond motifs is 1. The fraction of sp³-hybridized carbons (Fsp3) is 0.714. The standard InChI is InChI=1S/C14H23N3O2/c1-3-15-12(14(18)19-4-2)9-17-10-16-11-7-5-6-8-13(11)17/h10,12,15H,3-9H2,1-2H3. The number of carbonyl (C=O) groups is 1. The second-order valence-electron chi connectivity index (χ2n) is 4.86. The average molecular weight is 265 g/mol. The first kappa shape index (κ1) is 14.1. The zero-order valence-electron chi connectivity index (χ0n) is 11.8. The molecule has 0 aliphatic heterocycles. The Labute approximate surface area is 114 Å². The molecule has 1 aromatic heterocycles. The van der Waals surface area contributed by atoms with Crippen molar-refractivity contribution in [1.29, 1.82) is 0 Å². The summed E-state index contributed by atoms with van der Waals surface area (Å²) in [6.45, 7) is 5.60. The molecule has 0 bridgehead atoms. The predicted molar refractivity (Wildman–Crippen MR) is 73.0 cm³/mol. The van der Waals surface area contributed by atoms with E-state index in [0.29, 0.717) is 13.2 Å². The minimum Gasteiger partial charge on any atom is -0.465 e. The lowest BCUT2D eigenvalue weighted by Crippen LogP contribution is -2.41. The van der Waals surface area contributed by atoms with E-state index in [1.54, 1.807) is 0 Å². The molecule has 0 saturated carbocycles. The Hall–Kier alpha value is -1.36. The first-order valence-corrected chi connectivity index (χ1v) is 7.19. The summed E-state index contributed by atoms with van der Waals surface area (Å²) in [4.78, 5) is 16.4. The molecule has 5 nitrogen and oxygen atoms in total. The van der Waals surface area contributed by atoms with E-state index in [1.165, 1.54) is 24.2 Å². The van der Waals surface area contributed by atoms with Crippen molar-refractivity contribution in [2.75, 3.05) is 13.2 Å². The number of aromatic nitrogens is 2. The van der Waals surface area contributed by atoms with Crippen LogP contribution in [0.1, 0.15) is 38.1 Å². The number of carbonyl (C=O) groups excluding carboxylic acids is 1. The molecule has 2 rings (SSSR count). The molecule has 1 heterocycles. The van der Waals surface area contributed by atoms with Crippen molar-refractivity contribution in [2.45, 2.75) is 52.1 Å². The van der Waals surface area contributed by atoms with Gasteiger partial charge in [0, 0.05) is 12.2 Å². The van der Waals surface area contributed by atoms with E-state index in [-0.39, 0.29) is 12.0 Å². The van der Waals surface area contributed by atoms with Crippen molar-refractivity contribution in [3.63, 3.8) is 0 Å². The van der Waals surface area contributed by atoms with Crippen LogP contribution in [0.15, 0.2) is 6.33 Å². The summed E-state index contributed by atoms with van der Waals surface area (Å²) in [6, 6.07) is -0.287. The van der Waals surface area contributed by atoms with E-state index in [2.05, 4.69) is 14.9 Å². The molecule has 0 saturated heterocycles. The van der Waals surface area contributed by atoms with Crippen molar-refractivity contribution in [3.8, 4) is 0 Å². The summed E-state index contributed by atoms with van der Waals surface area (Å²) in [5.74, 6) is -0.178. The van der Waals surface area contributed by atoms with Crippen LogP contribution in [-0.4, -0.2) is 34.7 Å². The molecule has 1 N–H and O–H groups in total. The predicted octanol–water partition coefficient (Wildman–Crippen LogP) is 1.30. The number of imidazole rings is 1. The van der Waals surface area contributed by atoms with Gasteiger partial charge in [-0.1, -0.05) is 6.92 Å². The van der Waals surface area contributed by atoms with Crippen LogP contribution in [0.5, 0.6) is 0 Å². The summed E-state index contributed by atoms with van der Waals surface area (Å²) >= 11 is 0. The van der Waals surface area contributed by atoms with Gasteiger partial charge in [-0.05, 0) is 39.2 Å². The van der Waals surface area contributed by atoms with E-state index in [9.17, 15) is 4.79 Å². The average Bonchev–Trinajstić information content (AvgIpc) is 2.82. The van der Waals surface area contributed by atoms with Gasteiger partial charge in [0.1, 0.15) is 6.04 Å². The first-order chi connectivity index (χ1) is 9.26. The number of esters is 1. The highest BCUT2D eigenvalue weighted by molar-refractivity contribution is 5.75. The topological polar surface area (TPSA) is 56.2 Å². The Morgan fingerprint density at radius 1 is 1.47 bits per heavy atom. The molecule has 1 aromatic rings. The number of ether oxygens (including phenoxy) is 1. The monoisotopic (exact) mass is 265 g/mol. The molecule has 19 heavy (non-hydrogen) atoms. The highest BCUT2D eigenvalue weighted by Gasteiger charge is 2.22. The molecule has 0 spiro atoms. The van der Waals surface area contributed by atoms with Gasteiger partial charge in [0.2, 0.25) is 0 Å². The van der Waals surface area contributed by atoms with Crippen molar-refractivity contribution in [3.05, 3.63) is 17.7 Å². The molecule has 1 atom stereocenters. The van der Waals surface area contributed by atoms with Gasteiger partial charge >= 0.3 is 5.97 Å². The first-order valence-electron chi connectivity index (χ1n) is 7.19. The van der Waals surface area contributed by atoms with E-state index in [0.717, 1.165) is 19.4 Å². The molecule has 0 aromatic carbocycles.